The third-order valence-electron chi connectivity index (χ3n) is 11.1. The Morgan fingerprint density at radius 2 is 1.06 bits per heavy atom. The summed E-state index contributed by atoms with van der Waals surface area (Å²) in [6.07, 6.45) is 3.72. The van der Waals surface area contributed by atoms with Crippen molar-refractivity contribution in [3.8, 4) is 5.69 Å². The molecule has 1 aliphatic heterocycles. The third-order valence-corrected chi connectivity index (χ3v) is 11.1. The fourth-order valence-corrected chi connectivity index (χ4v) is 9.04. The number of anilines is 3. The van der Waals surface area contributed by atoms with Gasteiger partial charge in [-0.2, -0.15) is 0 Å². The minimum absolute atomic E-state index is 0.595. The van der Waals surface area contributed by atoms with Crippen molar-refractivity contribution in [3.05, 3.63) is 217 Å². The average Bonchev–Trinajstić information content (AvgIpc) is 3.58. The molecule has 0 N–H and O–H groups in total. The Balaban J connectivity index is 1.36. The normalized spacial score (nSPS) is 13.4. The molecule has 0 amide bonds. The Bertz CT molecular complexity index is 2970. The monoisotopic (exact) mass is 676 g/mol. The summed E-state index contributed by atoms with van der Waals surface area (Å²) < 4.78 is 2.44. The molecule has 4 heteroatoms. The van der Waals surface area contributed by atoms with E-state index >= 15 is 0 Å². The predicted molar refractivity (Wildman–Crippen MR) is 218 cm³/mol. The minimum Gasteiger partial charge on any atom is -0.309 e. The van der Waals surface area contributed by atoms with Gasteiger partial charge in [0.2, 0.25) is 0 Å². The van der Waals surface area contributed by atoms with E-state index in [1.165, 1.54) is 38.7 Å². The molecule has 0 unspecified atom stereocenters. The number of hydrogen-bond donors (Lipinski definition) is 0. The largest absolute Gasteiger partial charge is 0.309 e. The highest BCUT2D eigenvalue weighted by Crippen LogP contribution is 2.60. The van der Waals surface area contributed by atoms with E-state index < -0.39 is 5.41 Å². The number of benzene rings is 7. The second kappa shape index (κ2) is 11.5. The van der Waals surface area contributed by atoms with Crippen molar-refractivity contribution in [2.75, 3.05) is 4.90 Å². The van der Waals surface area contributed by atoms with Crippen molar-refractivity contribution in [2.45, 2.75) is 5.41 Å². The Morgan fingerprint density at radius 3 is 1.83 bits per heavy atom. The first kappa shape index (κ1) is 29.7. The van der Waals surface area contributed by atoms with Crippen LogP contribution in [0.25, 0.3) is 49.3 Å². The number of fused-ring (bicyclic) bond motifs is 9. The molecule has 248 valence electrons. The molecule has 0 saturated heterocycles. The second-order valence-electron chi connectivity index (χ2n) is 13.7. The van der Waals surface area contributed by atoms with Crippen LogP contribution in [0.4, 0.5) is 17.1 Å². The van der Waals surface area contributed by atoms with Crippen molar-refractivity contribution in [1.29, 1.82) is 0 Å². The molecule has 0 atom stereocenters. The first-order valence-electron chi connectivity index (χ1n) is 18.1. The summed E-state index contributed by atoms with van der Waals surface area (Å²) in [6, 6.07) is 66.1. The van der Waals surface area contributed by atoms with Crippen LogP contribution in [0.5, 0.6) is 0 Å². The van der Waals surface area contributed by atoms with Gasteiger partial charge in [0.05, 0.1) is 44.5 Å². The molecule has 11 rings (SSSR count). The number of nitrogens with zero attached hydrogens (tertiary/aromatic N) is 4. The van der Waals surface area contributed by atoms with Crippen LogP contribution in [-0.2, 0) is 5.41 Å². The van der Waals surface area contributed by atoms with Crippen LogP contribution < -0.4 is 4.90 Å². The third kappa shape index (κ3) is 4.12. The van der Waals surface area contributed by atoms with E-state index in [-0.39, 0.29) is 0 Å². The molecule has 0 bridgehead atoms. The van der Waals surface area contributed by atoms with Crippen molar-refractivity contribution >= 4 is 60.7 Å². The van der Waals surface area contributed by atoms with E-state index in [0.717, 1.165) is 49.9 Å². The Morgan fingerprint density at radius 1 is 0.434 bits per heavy atom. The molecule has 7 aromatic carbocycles. The van der Waals surface area contributed by atoms with Gasteiger partial charge in [-0.15, -0.1) is 0 Å². The van der Waals surface area contributed by atoms with Gasteiger partial charge < -0.3 is 9.47 Å². The van der Waals surface area contributed by atoms with Gasteiger partial charge in [-0.1, -0.05) is 127 Å². The lowest BCUT2D eigenvalue weighted by Gasteiger charge is -2.46. The first-order chi connectivity index (χ1) is 26.3. The molecule has 3 aromatic heterocycles. The maximum absolute atomic E-state index is 4.89. The lowest BCUT2D eigenvalue weighted by atomic mass is 9.62. The molecule has 0 fully saturated rings. The maximum Gasteiger partial charge on any atom is 0.0985 e. The maximum atomic E-state index is 4.89. The fourth-order valence-electron chi connectivity index (χ4n) is 9.04. The molecular weight excluding hydrogens is 645 g/mol. The van der Waals surface area contributed by atoms with Crippen LogP contribution in [0, 0.1) is 0 Å². The summed E-state index contributed by atoms with van der Waals surface area (Å²) in [4.78, 5) is 12.2. The fraction of sp³-hybridized carbons (Fsp3) is 0.0204. The molecule has 0 saturated carbocycles. The van der Waals surface area contributed by atoms with Crippen LogP contribution in [-0.4, -0.2) is 14.5 Å². The zero-order valence-electron chi connectivity index (χ0n) is 28.8. The molecule has 4 nitrogen and oxygen atoms in total. The molecule has 0 aliphatic carbocycles. The molecular formula is C49H32N4. The van der Waals surface area contributed by atoms with E-state index in [1.807, 2.05) is 24.5 Å². The number of pyridine rings is 2. The predicted octanol–water partition coefficient (Wildman–Crippen LogP) is 12.0. The highest BCUT2D eigenvalue weighted by Gasteiger charge is 2.47. The molecule has 4 heterocycles. The first-order valence-corrected chi connectivity index (χ1v) is 18.1. The van der Waals surface area contributed by atoms with Gasteiger partial charge in [0.25, 0.3) is 0 Å². The highest BCUT2D eigenvalue weighted by molar-refractivity contribution is 6.20. The summed E-state index contributed by atoms with van der Waals surface area (Å²) in [5.74, 6) is 0. The summed E-state index contributed by atoms with van der Waals surface area (Å²) in [6.45, 7) is 0. The van der Waals surface area contributed by atoms with Crippen molar-refractivity contribution in [3.63, 3.8) is 0 Å². The van der Waals surface area contributed by atoms with Gasteiger partial charge in [-0.25, -0.2) is 0 Å². The van der Waals surface area contributed by atoms with Gasteiger partial charge in [-0.3, -0.25) is 9.97 Å². The summed E-state index contributed by atoms with van der Waals surface area (Å²) in [5.41, 5.74) is 13.0. The molecule has 1 aliphatic rings. The van der Waals surface area contributed by atoms with E-state index in [0.29, 0.717) is 0 Å². The number of para-hydroxylation sites is 3. The lowest BCUT2D eigenvalue weighted by molar-refractivity contribution is 0.733. The van der Waals surface area contributed by atoms with Gasteiger partial charge in [0.1, 0.15) is 0 Å². The topological polar surface area (TPSA) is 34.0 Å². The SMILES string of the molecule is c1ccc(N2c3ccccc3C(c3ccccc3)(c3ccccc3)c3ccc4c(c32)c2ccccc2n4-c2cc3cccnc3c3ncccc23)cc1. The standard InChI is InChI=1S/C49H32N4/c1-4-17-34(18-5-1)49(35-19-6-2-7-20-35)39-25-11-13-27-42(39)52(36-21-8-3-9-22-36)48-40(49)28-29-43-45(48)37-23-10-12-26-41(37)53(43)44-32-33-16-14-30-50-46(33)47-38(44)24-15-31-51-47/h1-32H. The van der Waals surface area contributed by atoms with E-state index in [2.05, 4.69) is 179 Å². The van der Waals surface area contributed by atoms with Gasteiger partial charge in [0, 0.05) is 39.6 Å². The van der Waals surface area contributed by atoms with Crippen LogP contribution in [0.3, 0.4) is 0 Å². The van der Waals surface area contributed by atoms with Gasteiger partial charge in [-0.05, 0) is 76.9 Å². The molecule has 10 aromatic rings. The van der Waals surface area contributed by atoms with Crippen LogP contribution in [0.15, 0.2) is 194 Å². The molecule has 0 radical (unpaired) electrons. The lowest BCUT2D eigenvalue weighted by Crippen LogP contribution is -2.37. The Hall–Kier alpha value is -7.04. The smallest absolute Gasteiger partial charge is 0.0985 e. The summed E-state index contributed by atoms with van der Waals surface area (Å²) in [5, 5.41) is 4.52. The van der Waals surface area contributed by atoms with Gasteiger partial charge in [0.15, 0.2) is 0 Å². The van der Waals surface area contributed by atoms with Crippen LogP contribution in [0.1, 0.15) is 22.3 Å². The number of rotatable bonds is 4. The van der Waals surface area contributed by atoms with Crippen molar-refractivity contribution in [1.82, 2.24) is 14.5 Å². The summed E-state index contributed by atoms with van der Waals surface area (Å²) >= 11 is 0. The van der Waals surface area contributed by atoms with E-state index in [4.69, 9.17) is 9.97 Å². The van der Waals surface area contributed by atoms with Crippen LogP contribution >= 0.6 is 0 Å². The van der Waals surface area contributed by atoms with Gasteiger partial charge >= 0.3 is 0 Å². The number of aromatic nitrogens is 3. The second-order valence-corrected chi connectivity index (χ2v) is 13.7. The quantitative estimate of drug-likeness (QED) is 0.174. The summed E-state index contributed by atoms with van der Waals surface area (Å²) in [7, 11) is 0. The Kier molecular flexibility index (Phi) is 6.43. The highest BCUT2D eigenvalue weighted by atomic mass is 15.2. The van der Waals surface area contributed by atoms with E-state index in [9.17, 15) is 0 Å². The average molecular weight is 677 g/mol. The number of hydrogen-bond acceptors (Lipinski definition) is 3. The van der Waals surface area contributed by atoms with Crippen molar-refractivity contribution < 1.29 is 0 Å². The van der Waals surface area contributed by atoms with Crippen LogP contribution in [0.2, 0.25) is 0 Å². The zero-order valence-corrected chi connectivity index (χ0v) is 28.8. The molecule has 53 heavy (non-hydrogen) atoms. The van der Waals surface area contributed by atoms with Crippen molar-refractivity contribution in [2.24, 2.45) is 0 Å². The Labute approximate surface area is 306 Å². The minimum atomic E-state index is -0.595. The zero-order chi connectivity index (χ0) is 34.9. The van der Waals surface area contributed by atoms with E-state index in [1.54, 1.807) is 0 Å². The molecule has 0 spiro atoms.